The highest BCUT2D eigenvalue weighted by Crippen LogP contribution is 2.42. The summed E-state index contributed by atoms with van der Waals surface area (Å²) < 4.78 is 11.1. The van der Waals surface area contributed by atoms with Crippen LogP contribution in [0.2, 0.25) is 0 Å². The molecule has 0 aliphatic carbocycles. The zero-order valence-corrected chi connectivity index (χ0v) is 13.3. The second kappa shape index (κ2) is 5.35. The van der Waals surface area contributed by atoms with Gasteiger partial charge in [-0.3, -0.25) is 9.69 Å². The van der Waals surface area contributed by atoms with Crippen molar-refractivity contribution < 1.29 is 14.3 Å². The molecule has 1 spiro atoms. The Kier molecular flexibility index (Phi) is 3.42. The molecule has 0 bridgehead atoms. The molecule has 2 N–H and O–H groups in total. The van der Waals surface area contributed by atoms with Crippen molar-refractivity contribution in [2.75, 3.05) is 49.8 Å². The third kappa shape index (κ3) is 2.44. The first-order valence-corrected chi connectivity index (χ1v) is 8.08. The van der Waals surface area contributed by atoms with Crippen LogP contribution in [0.1, 0.15) is 12.8 Å². The molecule has 0 saturated carbocycles. The first-order chi connectivity index (χ1) is 11.1. The van der Waals surface area contributed by atoms with Crippen LogP contribution in [0.25, 0.3) is 0 Å². The standard InChI is InChI=1S/C16H22N4O3/c1-19-14-12(23-8-11(17)15(19)21)2-3-13(18-14)20-9-16(10-20)4-6-22-7-5-16/h2-3,11H,4-10,17H2,1H3/t11-/m0/s1. The van der Waals surface area contributed by atoms with Crippen molar-refractivity contribution in [2.24, 2.45) is 11.1 Å². The van der Waals surface area contributed by atoms with Gasteiger partial charge in [0.1, 0.15) is 18.5 Å². The fraction of sp³-hybridized carbons (Fsp3) is 0.625. The summed E-state index contributed by atoms with van der Waals surface area (Å²) >= 11 is 0. The van der Waals surface area contributed by atoms with Crippen LogP contribution in [-0.4, -0.2) is 56.9 Å². The van der Waals surface area contributed by atoms with Gasteiger partial charge in [0.15, 0.2) is 11.6 Å². The van der Waals surface area contributed by atoms with Crippen LogP contribution in [-0.2, 0) is 9.53 Å². The summed E-state index contributed by atoms with van der Waals surface area (Å²) in [5.74, 6) is 1.88. The summed E-state index contributed by atoms with van der Waals surface area (Å²) in [6.45, 7) is 3.90. The molecule has 1 aromatic heterocycles. The molecular formula is C16H22N4O3. The maximum atomic E-state index is 12.2. The first kappa shape index (κ1) is 14.7. The smallest absolute Gasteiger partial charge is 0.248 e. The van der Waals surface area contributed by atoms with Crippen LogP contribution in [0.5, 0.6) is 5.75 Å². The maximum absolute atomic E-state index is 12.2. The van der Waals surface area contributed by atoms with Gasteiger partial charge in [-0.05, 0) is 25.0 Å². The number of amides is 1. The molecule has 1 amide bonds. The van der Waals surface area contributed by atoms with Crippen molar-refractivity contribution >= 4 is 17.5 Å². The summed E-state index contributed by atoms with van der Waals surface area (Å²) in [5, 5.41) is 0. The summed E-state index contributed by atoms with van der Waals surface area (Å²) in [6, 6.07) is 3.20. The molecule has 23 heavy (non-hydrogen) atoms. The molecular weight excluding hydrogens is 296 g/mol. The van der Waals surface area contributed by atoms with Gasteiger partial charge in [0, 0.05) is 38.8 Å². The minimum absolute atomic E-state index is 0.169. The van der Waals surface area contributed by atoms with Gasteiger partial charge in [0.25, 0.3) is 0 Å². The average molecular weight is 318 g/mol. The third-order valence-corrected chi connectivity index (χ3v) is 5.14. The normalized spacial score (nSPS) is 26.3. The van der Waals surface area contributed by atoms with E-state index in [2.05, 4.69) is 9.88 Å². The highest BCUT2D eigenvalue weighted by atomic mass is 16.5. The molecule has 2 fully saturated rings. The molecule has 1 aromatic rings. The Bertz CT molecular complexity index is 622. The molecule has 2 saturated heterocycles. The van der Waals surface area contributed by atoms with Crippen LogP contribution in [0.3, 0.4) is 0 Å². The van der Waals surface area contributed by atoms with E-state index in [0.717, 1.165) is 45.0 Å². The zero-order chi connectivity index (χ0) is 16.0. The van der Waals surface area contributed by atoms with Gasteiger partial charge < -0.3 is 20.1 Å². The van der Waals surface area contributed by atoms with E-state index in [1.54, 1.807) is 7.05 Å². The monoisotopic (exact) mass is 318 g/mol. The Labute approximate surface area is 135 Å². The molecule has 0 aromatic carbocycles. The van der Waals surface area contributed by atoms with Crippen molar-refractivity contribution in [3.63, 3.8) is 0 Å². The lowest BCUT2D eigenvalue weighted by atomic mass is 9.73. The lowest BCUT2D eigenvalue weighted by molar-refractivity contribution is -0.119. The molecule has 0 radical (unpaired) electrons. The molecule has 3 aliphatic rings. The number of aromatic nitrogens is 1. The van der Waals surface area contributed by atoms with Crippen LogP contribution in [0, 0.1) is 5.41 Å². The van der Waals surface area contributed by atoms with Crippen molar-refractivity contribution in [1.82, 2.24) is 4.98 Å². The molecule has 4 heterocycles. The number of pyridine rings is 1. The van der Waals surface area contributed by atoms with Crippen molar-refractivity contribution in [2.45, 2.75) is 18.9 Å². The molecule has 4 rings (SSSR count). The summed E-state index contributed by atoms with van der Waals surface area (Å²) in [5.41, 5.74) is 6.19. The number of carbonyl (C=O) groups is 1. The molecule has 7 heteroatoms. The topological polar surface area (TPSA) is 80.9 Å². The van der Waals surface area contributed by atoms with E-state index in [0.29, 0.717) is 17.0 Å². The van der Waals surface area contributed by atoms with E-state index in [4.69, 9.17) is 15.2 Å². The predicted molar refractivity (Wildman–Crippen MR) is 85.8 cm³/mol. The maximum Gasteiger partial charge on any atom is 0.248 e. The van der Waals surface area contributed by atoms with Crippen LogP contribution in [0.4, 0.5) is 11.6 Å². The first-order valence-electron chi connectivity index (χ1n) is 8.08. The average Bonchev–Trinajstić information content (AvgIpc) is 2.66. The van der Waals surface area contributed by atoms with E-state index in [-0.39, 0.29) is 12.5 Å². The van der Waals surface area contributed by atoms with Gasteiger partial charge in [-0.1, -0.05) is 0 Å². The number of nitrogens with zero attached hydrogens (tertiary/aromatic N) is 3. The lowest BCUT2D eigenvalue weighted by Gasteiger charge is -2.52. The number of hydrogen-bond donors (Lipinski definition) is 1. The van der Waals surface area contributed by atoms with E-state index in [1.807, 2.05) is 12.1 Å². The zero-order valence-electron chi connectivity index (χ0n) is 13.3. The van der Waals surface area contributed by atoms with Crippen LogP contribution < -0.4 is 20.3 Å². The predicted octanol–water partition coefficient (Wildman–Crippen LogP) is 0.381. The minimum atomic E-state index is -0.646. The van der Waals surface area contributed by atoms with Crippen molar-refractivity contribution in [3.05, 3.63) is 12.1 Å². The SMILES string of the molecule is CN1C(=O)[C@@H](N)COc2ccc(N3CC4(CCOCC4)C3)nc21. The van der Waals surface area contributed by atoms with E-state index in [1.165, 1.54) is 4.90 Å². The van der Waals surface area contributed by atoms with E-state index >= 15 is 0 Å². The second-order valence-corrected chi connectivity index (χ2v) is 6.77. The lowest BCUT2D eigenvalue weighted by Crippen LogP contribution is -2.58. The number of nitrogens with two attached hydrogens (primary N) is 1. The Morgan fingerprint density at radius 2 is 2.04 bits per heavy atom. The van der Waals surface area contributed by atoms with Gasteiger partial charge in [0.05, 0.1) is 0 Å². The number of hydrogen-bond acceptors (Lipinski definition) is 6. The molecule has 7 nitrogen and oxygen atoms in total. The van der Waals surface area contributed by atoms with Gasteiger partial charge >= 0.3 is 0 Å². The van der Waals surface area contributed by atoms with Gasteiger partial charge in [-0.15, -0.1) is 0 Å². The number of ether oxygens (including phenoxy) is 2. The van der Waals surface area contributed by atoms with E-state index in [9.17, 15) is 4.79 Å². The third-order valence-electron chi connectivity index (χ3n) is 5.14. The van der Waals surface area contributed by atoms with E-state index < -0.39 is 6.04 Å². The molecule has 124 valence electrons. The Balaban J connectivity index is 1.55. The number of anilines is 2. The molecule has 1 atom stereocenters. The number of rotatable bonds is 1. The van der Waals surface area contributed by atoms with Gasteiger partial charge in [-0.25, -0.2) is 4.98 Å². The van der Waals surface area contributed by atoms with Crippen LogP contribution >= 0.6 is 0 Å². The number of carbonyl (C=O) groups excluding carboxylic acids is 1. The molecule has 0 unspecified atom stereocenters. The summed E-state index contributed by atoms with van der Waals surface area (Å²) in [7, 11) is 1.70. The molecule has 3 aliphatic heterocycles. The largest absolute Gasteiger partial charge is 0.488 e. The summed E-state index contributed by atoms with van der Waals surface area (Å²) in [6.07, 6.45) is 2.23. The number of fused-ring (bicyclic) bond motifs is 1. The minimum Gasteiger partial charge on any atom is -0.488 e. The Hall–Kier alpha value is -1.86. The van der Waals surface area contributed by atoms with Crippen molar-refractivity contribution in [1.29, 1.82) is 0 Å². The highest BCUT2D eigenvalue weighted by Gasteiger charge is 2.44. The van der Waals surface area contributed by atoms with Gasteiger partial charge in [-0.2, -0.15) is 0 Å². The highest BCUT2D eigenvalue weighted by molar-refractivity contribution is 5.97. The Morgan fingerprint density at radius 1 is 1.30 bits per heavy atom. The van der Waals surface area contributed by atoms with Crippen LogP contribution in [0.15, 0.2) is 12.1 Å². The van der Waals surface area contributed by atoms with Crippen molar-refractivity contribution in [3.8, 4) is 5.75 Å². The van der Waals surface area contributed by atoms with Gasteiger partial charge in [0.2, 0.25) is 5.91 Å². The Morgan fingerprint density at radius 3 is 2.78 bits per heavy atom. The second-order valence-electron chi connectivity index (χ2n) is 6.77. The fourth-order valence-electron chi connectivity index (χ4n) is 3.60. The number of likely N-dealkylation sites (N-methyl/N-ethyl adjacent to an activating group) is 1. The fourth-order valence-corrected chi connectivity index (χ4v) is 3.60. The summed E-state index contributed by atoms with van der Waals surface area (Å²) in [4.78, 5) is 20.6. The quantitative estimate of drug-likeness (QED) is 0.806.